The van der Waals surface area contributed by atoms with Crippen molar-refractivity contribution in [2.75, 3.05) is 0 Å². The van der Waals surface area contributed by atoms with Gasteiger partial charge in [-0.15, -0.1) is 0 Å². The molecule has 0 unspecified atom stereocenters. The predicted octanol–water partition coefficient (Wildman–Crippen LogP) is 8.97. The van der Waals surface area contributed by atoms with E-state index in [1.807, 2.05) is 59.2 Å². The molecule has 0 radical (unpaired) electrons. The Morgan fingerprint density at radius 3 is 1.86 bits per heavy atom. The quantitative estimate of drug-likeness (QED) is 0.239. The molecule has 0 aliphatic carbocycles. The first-order chi connectivity index (χ1) is 19.0. The van der Waals surface area contributed by atoms with Crippen LogP contribution in [0.25, 0.3) is 60.5 Å². The summed E-state index contributed by atoms with van der Waals surface area (Å²) in [7, 11) is 0. The molecule has 0 amide bonds. The molecule has 1 heterocycles. The van der Waals surface area contributed by atoms with Gasteiger partial charge in [-0.05, 0) is 58.1 Å². The minimum Gasteiger partial charge on any atom is -0.295 e. The average Bonchev–Trinajstić information content (AvgIpc) is 3.36. The molecule has 0 atom stereocenters. The van der Waals surface area contributed by atoms with Gasteiger partial charge in [0.05, 0.1) is 16.7 Å². The number of rotatable bonds is 3. The molecular weight excluding hydrogens is 436 g/mol. The maximum Gasteiger partial charge on any atom is 0.111 e. The lowest BCUT2D eigenvalue weighted by Crippen LogP contribution is -2.01. The van der Waals surface area contributed by atoms with Crippen LogP contribution in [0.1, 0.15) is 9.94 Å². The number of hydrogen-bond donors (Lipinski definition) is 0. The van der Waals surface area contributed by atoms with Crippen LogP contribution in [0.15, 0.2) is 127 Å². The van der Waals surface area contributed by atoms with Gasteiger partial charge in [-0.1, -0.05) is 109 Å². The van der Waals surface area contributed by atoms with Crippen molar-refractivity contribution in [3.05, 3.63) is 133 Å². The minimum atomic E-state index is -2.39. The van der Waals surface area contributed by atoms with Crippen LogP contribution in [0.5, 0.6) is 0 Å². The average molecular weight is 464 g/mol. The van der Waals surface area contributed by atoms with Crippen LogP contribution in [0, 0.1) is 6.85 Å². The van der Waals surface area contributed by atoms with E-state index in [9.17, 15) is 0 Å². The summed E-state index contributed by atoms with van der Waals surface area (Å²) in [6, 6.07) is 43.2. The first kappa shape index (κ1) is 17.7. The van der Waals surface area contributed by atoms with Gasteiger partial charge in [0.2, 0.25) is 0 Å². The lowest BCUT2D eigenvalue weighted by molar-refractivity contribution is 1.02. The molecule has 0 saturated carbocycles. The van der Waals surface area contributed by atoms with E-state index < -0.39 is 6.85 Å². The summed E-state index contributed by atoms with van der Waals surface area (Å²) >= 11 is 0. The molecule has 2 heteroatoms. The summed E-state index contributed by atoms with van der Waals surface area (Å²) in [6.45, 7) is -2.39. The highest BCUT2D eigenvalue weighted by Gasteiger charge is 2.19. The molecule has 1 aromatic heterocycles. The summed E-state index contributed by atoms with van der Waals surface area (Å²) < 4.78 is 26.9. The van der Waals surface area contributed by atoms with Crippen LogP contribution >= 0.6 is 0 Å². The summed E-state index contributed by atoms with van der Waals surface area (Å²) in [4.78, 5) is 4.60. The Labute approximate surface area is 214 Å². The minimum absolute atomic E-state index is 0.0674. The number of nitrogens with zero attached hydrogens (tertiary/aromatic N) is 2. The first-order valence-corrected chi connectivity index (χ1v) is 12.1. The van der Waals surface area contributed by atoms with Crippen molar-refractivity contribution >= 4 is 32.6 Å². The van der Waals surface area contributed by atoms with E-state index >= 15 is 0 Å². The second-order valence-corrected chi connectivity index (χ2v) is 9.02. The zero-order valence-electron chi connectivity index (χ0n) is 22.5. The SMILES string of the molecule is [2H]C([2H])([2H])c1nc2ccccc2n1-c1c2ccccc2c(-c2cccc(-c3ccccc3)c2)c2ccccc12. The third kappa shape index (κ3) is 3.15. The Bertz CT molecular complexity index is 1950. The molecule has 0 N–H and O–H groups in total. The van der Waals surface area contributed by atoms with Gasteiger partial charge >= 0.3 is 0 Å². The van der Waals surface area contributed by atoms with E-state index in [1.165, 1.54) is 0 Å². The van der Waals surface area contributed by atoms with Crippen LogP contribution < -0.4 is 0 Å². The lowest BCUT2D eigenvalue weighted by Gasteiger charge is -2.19. The van der Waals surface area contributed by atoms with Crippen molar-refractivity contribution in [2.24, 2.45) is 0 Å². The molecule has 170 valence electrons. The molecule has 7 aromatic rings. The largest absolute Gasteiger partial charge is 0.295 e. The molecule has 0 aliphatic rings. The van der Waals surface area contributed by atoms with Crippen molar-refractivity contribution in [2.45, 2.75) is 6.85 Å². The lowest BCUT2D eigenvalue weighted by atomic mass is 9.89. The molecule has 0 spiro atoms. The Balaban J connectivity index is 1.62. The van der Waals surface area contributed by atoms with Gasteiger partial charge in [0.1, 0.15) is 5.82 Å². The number of aromatic nitrogens is 2. The fourth-order valence-corrected chi connectivity index (χ4v) is 5.39. The Hall–Kier alpha value is -4.69. The van der Waals surface area contributed by atoms with Gasteiger partial charge in [-0.3, -0.25) is 4.57 Å². The predicted molar refractivity (Wildman–Crippen MR) is 152 cm³/mol. The van der Waals surface area contributed by atoms with Crippen LogP contribution in [0.4, 0.5) is 0 Å². The van der Waals surface area contributed by atoms with Gasteiger partial charge in [-0.2, -0.15) is 0 Å². The number of aryl methyl sites for hydroxylation is 1. The maximum absolute atomic E-state index is 8.34. The number of fused-ring (bicyclic) bond motifs is 3. The van der Waals surface area contributed by atoms with Crippen LogP contribution in [-0.4, -0.2) is 9.55 Å². The van der Waals surface area contributed by atoms with Gasteiger partial charge in [-0.25, -0.2) is 4.98 Å². The Morgan fingerprint density at radius 1 is 0.556 bits per heavy atom. The van der Waals surface area contributed by atoms with Crippen molar-refractivity contribution in [3.8, 4) is 27.9 Å². The molecule has 0 bridgehead atoms. The van der Waals surface area contributed by atoms with Crippen LogP contribution in [-0.2, 0) is 0 Å². The monoisotopic (exact) mass is 463 g/mol. The van der Waals surface area contributed by atoms with E-state index in [-0.39, 0.29) is 5.82 Å². The van der Waals surface area contributed by atoms with Crippen molar-refractivity contribution < 1.29 is 4.11 Å². The van der Waals surface area contributed by atoms with Crippen molar-refractivity contribution in [3.63, 3.8) is 0 Å². The number of hydrogen-bond acceptors (Lipinski definition) is 1. The van der Waals surface area contributed by atoms with Crippen molar-refractivity contribution in [1.82, 2.24) is 9.55 Å². The highest BCUT2D eigenvalue weighted by atomic mass is 15.1. The molecule has 36 heavy (non-hydrogen) atoms. The number of para-hydroxylation sites is 2. The highest BCUT2D eigenvalue weighted by Crippen LogP contribution is 2.42. The van der Waals surface area contributed by atoms with Gasteiger partial charge in [0.15, 0.2) is 0 Å². The van der Waals surface area contributed by atoms with Gasteiger partial charge < -0.3 is 0 Å². The molecule has 0 fully saturated rings. The maximum atomic E-state index is 8.34. The summed E-state index contributed by atoms with van der Waals surface area (Å²) in [6.07, 6.45) is 0. The van der Waals surface area contributed by atoms with E-state index in [0.29, 0.717) is 5.52 Å². The van der Waals surface area contributed by atoms with E-state index in [0.717, 1.165) is 55.0 Å². The molecule has 6 aromatic carbocycles. The third-order valence-electron chi connectivity index (χ3n) is 6.95. The van der Waals surface area contributed by atoms with Gasteiger partial charge in [0.25, 0.3) is 0 Å². The second-order valence-electron chi connectivity index (χ2n) is 9.02. The van der Waals surface area contributed by atoms with E-state index in [4.69, 9.17) is 4.11 Å². The normalized spacial score (nSPS) is 13.1. The Morgan fingerprint density at radius 2 is 1.14 bits per heavy atom. The standard InChI is InChI=1S/C34H24N2/c1-23-35-31-20-9-10-21-32(31)36(23)34-29-18-7-5-16-27(29)33(28-17-6-8-19-30(28)34)26-15-11-14-25(22-26)24-12-3-2-4-13-24/h2-22H,1H3/i1D3. The molecule has 0 aliphatic heterocycles. The topological polar surface area (TPSA) is 17.8 Å². The highest BCUT2D eigenvalue weighted by molar-refractivity contribution is 6.18. The first-order valence-electron chi connectivity index (χ1n) is 13.6. The number of imidazole rings is 1. The van der Waals surface area contributed by atoms with Crippen molar-refractivity contribution in [1.29, 1.82) is 0 Å². The zero-order valence-corrected chi connectivity index (χ0v) is 19.5. The van der Waals surface area contributed by atoms with E-state index in [1.54, 1.807) is 0 Å². The molecule has 0 saturated heterocycles. The van der Waals surface area contributed by atoms with E-state index in [2.05, 4.69) is 77.8 Å². The van der Waals surface area contributed by atoms with Crippen LogP contribution in [0.3, 0.4) is 0 Å². The van der Waals surface area contributed by atoms with Gasteiger partial charge in [0, 0.05) is 14.9 Å². The zero-order chi connectivity index (χ0) is 26.6. The Kier molecular flexibility index (Phi) is 4.04. The summed E-state index contributed by atoms with van der Waals surface area (Å²) in [5.74, 6) is 0.0674. The number of benzene rings is 6. The smallest absolute Gasteiger partial charge is 0.111 e. The third-order valence-corrected chi connectivity index (χ3v) is 6.95. The fourth-order valence-electron chi connectivity index (χ4n) is 5.39. The second kappa shape index (κ2) is 8.21. The summed E-state index contributed by atoms with van der Waals surface area (Å²) in [5, 5.41) is 4.08. The van der Waals surface area contributed by atoms with Crippen LogP contribution in [0.2, 0.25) is 0 Å². The molecule has 2 nitrogen and oxygen atoms in total. The molecule has 7 rings (SSSR count). The fraction of sp³-hybridized carbons (Fsp3) is 0.0294. The molecular formula is C34H24N2. The summed E-state index contributed by atoms with van der Waals surface area (Å²) in [5.41, 5.74) is 6.83.